The number of ether oxygens (including phenoxy) is 3. The van der Waals surface area contributed by atoms with Crippen molar-refractivity contribution in [1.82, 2.24) is 0 Å². The van der Waals surface area contributed by atoms with Gasteiger partial charge in [-0.1, -0.05) is 58.4 Å². The summed E-state index contributed by atoms with van der Waals surface area (Å²) in [5.74, 6) is 1.37. The van der Waals surface area contributed by atoms with Crippen molar-refractivity contribution in [3.05, 3.63) is 42.0 Å². The van der Waals surface area contributed by atoms with Crippen molar-refractivity contribution in [3.8, 4) is 5.75 Å². The minimum atomic E-state index is -0.524. The van der Waals surface area contributed by atoms with E-state index in [9.17, 15) is 19.5 Å². The second kappa shape index (κ2) is 18.0. The van der Waals surface area contributed by atoms with E-state index in [2.05, 4.69) is 13.5 Å². The van der Waals surface area contributed by atoms with Gasteiger partial charge < -0.3 is 19.3 Å². The molecule has 2 aliphatic carbocycles. The minimum Gasteiger partial charge on any atom is -0.463 e. The van der Waals surface area contributed by atoms with Crippen molar-refractivity contribution in [3.63, 3.8) is 0 Å². The molecule has 0 heterocycles. The first kappa shape index (κ1) is 32.8. The van der Waals surface area contributed by atoms with E-state index in [1.54, 1.807) is 12.1 Å². The van der Waals surface area contributed by atoms with Crippen LogP contribution >= 0.6 is 0 Å². The van der Waals surface area contributed by atoms with Crippen molar-refractivity contribution in [1.29, 1.82) is 0 Å². The molecule has 2 aliphatic rings. The van der Waals surface area contributed by atoms with Gasteiger partial charge in [0.15, 0.2) is 0 Å². The summed E-state index contributed by atoms with van der Waals surface area (Å²) in [6.45, 7) is 5.66. The molecule has 0 aliphatic heterocycles. The lowest BCUT2D eigenvalue weighted by Gasteiger charge is -2.37. The van der Waals surface area contributed by atoms with Crippen LogP contribution in [0.4, 0.5) is 0 Å². The van der Waals surface area contributed by atoms with Crippen LogP contribution < -0.4 is 4.74 Å². The van der Waals surface area contributed by atoms with E-state index < -0.39 is 11.9 Å². The first-order chi connectivity index (χ1) is 19.9. The summed E-state index contributed by atoms with van der Waals surface area (Å²) in [5.41, 5.74) is 0.660. The summed E-state index contributed by atoms with van der Waals surface area (Å²) >= 11 is 0. The number of benzene rings is 1. The number of hydrogen-bond acceptors (Lipinski definition) is 7. The van der Waals surface area contributed by atoms with E-state index in [4.69, 9.17) is 14.2 Å². The molecule has 7 heteroatoms. The molecule has 3 rings (SSSR count). The summed E-state index contributed by atoms with van der Waals surface area (Å²) in [6.07, 6.45) is 18.4. The van der Waals surface area contributed by atoms with Crippen molar-refractivity contribution >= 4 is 17.9 Å². The largest absolute Gasteiger partial charge is 0.463 e. The number of hydrogen-bond donors (Lipinski definition) is 1. The molecular weight excluding hydrogens is 520 g/mol. The molecule has 0 atom stereocenters. The molecule has 0 aromatic heterocycles. The lowest BCUT2D eigenvalue weighted by Crippen LogP contribution is -2.30. The fourth-order valence-electron chi connectivity index (χ4n) is 6.44. The Bertz CT molecular complexity index is 971. The lowest BCUT2D eigenvalue weighted by molar-refractivity contribution is -0.140. The van der Waals surface area contributed by atoms with Gasteiger partial charge in [-0.05, 0) is 87.3 Å². The van der Waals surface area contributed by atoms with Crippen molar-refractivity contribution in [2.75, 3.05) is 13.2 Å². The van der Waals surface area contributed by atoms with Crippen molar-refractivity contribution < 1.29 is 33.7 Å². The summed E-state index contributed by atoms with van der Waals surface area (Å²) in [7, 11) is 0. The first-order valence-electron chi connectivity index (χ1n) is 15.9. The minimum absolute atomic E-state index is 0.122. The highest BCUT2D eigenvalue weighted by molar-refractivity contribution is 5.90. The highest BCUT2D eigenvalue weighted by Gasteiger charge is 2.33. The van der Waals surface area contributed by atoms with E-state index in [-0.39, 0.29) is 43.0 Å². The monoisotopic (exact) mass is 570 g/mol. The number of carbonyl (C=O) groups excluding carboxylic acids is 3. The second-order valence-corrected chi connectivity index (χ2v) is 11.9. The van der Waals surface area contributed by atoms with Crippen LogP contribution in [-0.2, 0) is 25.7 Å². The number of unbranched alkanes of at least 4 members (excludes halogenated alkanes) is 4. The van der Waals surface area contributed by atoms with E-state index in [0.717, 1.165) is 49.5 Å². The van der Waals surface area contributed by atoms with Gasteiger partial charge in [0.25, 0.3) is 0 Å². The average Bonchev–Trinajstić information content (AvgIpc) is 3.01. The van der Waals surface area contributed by atoms with Gasteiger partial charge in [-0.2, -0.15) is 0 Å². The Kier molecular flexibility index (Phi) is 14.4. The Hall–Kier alpha value is -2.67. The number of aliphatic hydroxyl groups excluding tert-OH is 1. The zero-order valence-corrected chi connectivity index (χ0v) is 25.0. The molecule has 0 amide bonds. The van der Waals surface area contributed by atoms with Crippen molar-refractivity contribution in [2.24, 2.45) is 23.7 Å². The molecule has 0 radical (unpaired) electrons. The van der Waals surface area contributed by atoms with E-state index in [1.807, 2.05) is 0 Å². The molecule has 0 spiro atoms. The van der Waals surface area contributed by atoms with Crippen molar-refractivity contribution in [2.45, 2.75) is 110 Å². The maximum atomic E-state index is 13.0. The Morgan fingerprint density at radius 1 is 0.878 bits per heavy atom. The van der Waals surface area contributed by atoms with Crippen LogP contribution in [0.2, 0.25) is 0 Å². The molecule has 2 saturated carbocycles. The summed E-state index contributed by atoms with van der Waals surface area (Å²) in [4.78, 5) is 36.4. The number of aliphatic hydroxyl groups is 1. The van der Waals surface area contributed by atoms with Crippen LogP contribution in [0.5, 0.6) is 5.75 Å². The van der Waals surface area contributed by atoms with Crippen LogP contribution in [0.15, 0.2) is 30.9 Å². The smallest absolute Gasteiger partial charge is 0.338 e. The molecule has 0 saturated heterocycles. The van der Waals surface area contributed by atoms with E-state index in [0.29, 0.717) is 18.4 Å². The molecule has 41 heavy (non-hydrogen) atoms. The molecule has 1 aromatic carbocycles. The molecule has 0 bridgehead atoms. The third kappa shape index (κ3) is 10.9. The van der Waals surface area contributed by atoms with E-state index >= 15 is 0 Å². The van der Waals surface area contributed by atoms with Gasteiger partial charge in [0.1, 0.15) is 5.75 Å². The fraction of sp³-hybridized carbons (Fsp3) is 0.676. The topological polar surface area (TPSA) is 99.1 Å². The Morgan fingerprint density at radius 3 is 2.17 bits per heavy atom. The fourth-order valence-corrected chi connectivity index (χ4v) is 6.44. The Morgan fingerprint density at radius 2 is 1.54 bits per heavy atom. The SMILES string of the molecule is C=CC(=O)OCCCCOC(=O)c1ccc(OC(=O)C2CCC(C3CCC(CCCCCC)CC3)CC2)c(CO)c1. The predicted molar refractivity (Wildman–Crippen MR) is 158 cm³/mol. The molecule has 7 nitrogen and oxygen atoms in total. The predicted octanol–water partition coefficient (Wildman–Crippen LogP) is 7.33. The molecule has 1 aromatic rings. The zero-order chi connectivity index (χ0) is 29.5. The summed E-state index contributed by atoms with van der Waals surface area (Å²) < 4.78 is 15.9. The quantitative estimate of drug-likeness (QED) is 0.0961. The van der Waals surface area contributed by atoms with Gasteiger partial charge in [-0.3, -0.25) is 4.79 Å². The maximum Gasteiger partial charge on any atom is 0.338 e. The Labute approximate surface area is 246 Å². The van der Waals surface area contributed by atoms with Crippen LogP contribution in [0.1, 0.15) is 119 Å². The summed E-state index contributed by atoms with van der Waals surface area (Å²) in [6, 6.07) is 4.61. The van der Waals surface area contributed by atoms with Gasteiger partial charge in [0.2, 0.25) is 0 Å². The van der Waals surface area contributed by atoms with Gasteiger partial charge in [0, 0.05) is 11.6 Å². The highest BCUT2D eigenvalue weighted by atomic mass is 16.5. The van der Waals surface area contributed by atoms with Gasteiger partial charge in [-0.15, -0.1) is 0 Å². The average molecular weight is 571 g/mol. The van der Waals surface area contributed by atoms with Gasteiger partial charge in [0.05, 0.1) is 31.3 Å². The van der Waals surface area contributed by atoms with Crippen LogP contribution in [0.25, 0.3) is 0 Å². The number of rotatable bonds is 16. The highest BCUT2D eigenvalue weighted by Crippen LogP contribution is 2.42. The summed E-state index contributed by atoms with van der Waals surface area (Å²) in [5, 5.41) is 9.86. The van der Waals surface area contributed by atoms with E-state index in [1.165, 1.54) is 63.9 Å². The number of carbonyl (C=O) groups is 3. The Balaban J connectivity index is 1.38. The molecule has 228 valence electrons. The third-order valence-electron chi connectivity index (χ3n) is 8.99. The second-order valence-electron chi connectivity index (χ2n) is 11.9. The third-order valence-corrected chi connectivity index (χ3v) is 8.99. The lowest BCUT2D eigenvalue weighted by atomic mass is 9.68. The normalized spacial score (nSPS) is 22.5. The molecule has 1 N–H and O–H groups in total. The van der Waals surface area contributed by atoms with Crippen LogP contribution in [0.3, 0.4) is 0 Å². The first-order valence-corrected chi connectivity index (χ1v) is 15.9. The molecule has 0 unspecified atom stereocenters. The molecular formula is C34H50O7. The zero-order valence-electron chi connectivity index (χ0n) is 25.0. The van der Waals surface area contributed by atoms with Gasteiger partial charge in [-0.25, -0.2) is 9.59 Å². The maximum absolute atomic E-state index is 13.0. The van der Waals surface area contributed by atoms with Crippen LogP contribution in [0, 0.1) is 23.7 Å². The van der Waals surface area contributed by atoms with Crippen LogP contribution in [-0.4, -0.2) is 36.2 Å². The van der Waals surface area contributed by atoms with Gasteiger partial charge >= 0.3 is 17.9 Å². The number of esters is 3. The molecule has 2 fully saturated rings. The standard InChI is InChI=1S/C34H50O7/c1-3-5-6-7-10-25-11-13-26(14-12-25)27-15-17-28(18-16-27)34(38)41-31-20-19-29(23-30(31)24-35)33(37)40-22-9-8-21-39-32(36)4-2/h4,19-20,23,25-28,35H,2-3,5-18,21-22,24H2,1H3.